The summed E-state index contributed by atoms with van der Waals surface area (Å²) in [5.74, 6) is 0.805. The lowest BCUT2D eigenvalue weighted by Crippen LogP contribution is -2.36. The summed E-state index contributed by atoms with van der Waals surface area (Å²) < 4.78 is 0. The van der Waals surface area contributed by atoms with E-state index in [0.29, 0.717) is 6.42 Å². The number of carbonyl (C=O) groups is 1. The van der Waals surface area contributed by atoms with Gasteiger partial charge in [-0.05, 0) is 43.6 Å². The molecule has 1 aliphatic carbocycles. The van der Waals surface area contributed by atoms with Gasteiger partial charge in [-0.3, -0.25) is 0 Å². The summed E-state index contributed by atoms with van der Waals surface area (Å²) in [6, 6.07) is -0.448. The van der Waals surface area contributed by atoms with Crippen LogP contribution in [0.4, 0.5) is 5.82 Å². The average Bonchev–Trinajstić information content (AvgIpc) is 3.10. The van der Waals surface area contributed by atoms with Gasteiger partial charge in [0.2, 0.25) is 0 Å². The summed E-state index contributed by atoms with van der Waals surface area (Å²) >= 11 is 1.76. The highest BCUT2D eigenvalue weighted by atomic mass is 32.1. The van der Waals surface area contributed by atoms with Gasteiger partial charge in [-0.25, -0.2) is 14.8 Å². The number of anilines is 1. The Bertz CT molecular complexity index is 742. The van der Waals surface area contributed by atoms with Crippen molar-refractivity contribution in [2.75, 3.05) is 11.4 Å². The van der Waals surface area contributed by atoms with Crippen LogP contribution < -0.4 is 4.90 Å². The fraction of sp³-hybridized carbons (Fsp3) is 0.562. The van der Waals surface area contributed by atoms with Crippen LogP contribution in [0.1, 0.15) is 36.6 Å². The van der Waals surface area contributed by atoms with Crippen molar-refractivity contribution in [2.24, 2.45) is 5.92 Å². The summed E-state index contributed by atoms with van der Waals surface area (Å²) in [5, 5.41) is 10.6. The Labute approximate surface area is 133 Å². The molecule has 0 saturated carbocycles. The van der Waals surface area contributed by atoms with E-state index in [4.69, 9.17) is 0 Å². The van der Waals surface area contributed by atoms with E-state index in [2.05, 4.69) is 16.9 Å². The van der Waals surface area contributed by atoms with Gasteiger partial charge in [0.15, 0.2) is 0 Å². The Morgan fingerprint density at radius 3 is 3.09 bits per heavy atom. The van der Waals surface area contributed by atoms with Crippen LogP contribution in [0.15, 0.2) is 6.33 Å². The predicted octanol–water partition coefficient (Wildman–Crippen LogP) is 2.87. The van der Waals surface area contributed by atoms with Crippen molar-refractivity contribution in [3.63, 3.8) is 0 Å². The van der Waals surface area contributed by atoms with Crippen molar-refractivity contribution in [2.45, 2.75) is 45.1 Å². The smallest absolute Gasteiger partial charge is 0.326 e. The first-order valence-electron chi connectivity index (χ1n) is 7.90. The number of rotatable bonds is 2. The Morgan fingerprint density at radius 2 is 2.27 bits per heavy atom. The number of carboxylic acids is 1. The molecule has 2 aromatic rings. The van der Waals surface area contributed by atoms with Crippen LogP contribution in [0.25, 0.3) is 10.2 Å². The van der Waals surface area contributed by atoms with Gasteiger partial charge in [-0.15, -0.1) is 11.3 Å². The van der Waals surface area contributed by atoms with Crippen molar-refractivity contribution in [1.82, 2.24) is 9.97 Å². The standard InChI is InChI=1S/C16H19N3O2S/c1-9-4-5-10-12(7-9)22-15-13(10)14(17-8-18-15)19-6-2-3-11(19)16(20)21/h8-9,11H,2-7H2,1H3,(H,20,21). The minimum absolute atomic E-state index is 0.448. The highest BCUT2D eigenvalue weighted by Gasteiger charge is 2.34. The lowest BCUT2D eigenvalue weighted by atomic mass is 9.89. The van der Waals surface area contributed by atoms with Gasteiger partial charge in [0, 0.05) is 11.4 Å². The van der Waals surface area contributed by atoms with Crippen LogP contribution in [0.5, 0.6) is 0 Å². The third-order valence-electron chi connectivity index (χ3n) is 4.88. The van der Waals surface area contributed by atoms with Crippen LogP contribution >= 0.6 is 11.3 Å². The molecule has 1 N–H and O–H groups in total. The molecule has 2 atom stereocenters. The maximum atomic E-state index is 11.5. The molecule has 0 radical (unpaired) electrons. The van der Waals surface area contributed by atoms with Crippen LogP contribution in [0.3, 0.4) is 0 Å². The molecule has 0 amide bonds. The van der Waals surface area contributed by atoms with E-state index in [-0.39, 0.29) is 0 Å². The zero-order valence-electron chi connectivity index (χ0n) is 12.6. The summed E-state index contributed by atoms with van der Waals surface area (Å²) in [5.41, 5.74) is 1.37. The fourth-order valence-electron chi connectivity index (χ4n) is 3.75. The van der Waals surface area contributed by atoms with Gasteiger partial charge < -0.3 is 10.0 Å². The van der Waals surface area contributed by atoms with Gasteiger partial charge >= 0.3 is 5.97 Å². The molecule has 1 aliphatic heterocycles. The zero-order chi connectivity index (χ0) is 15.3. The third-order valence-corrected chi connectivity index (χ3v) is 6.04. The number of aliphatic carboxylic acids is 1. The molecule has 1 saturated heterocycles. The molecule has 2 aromatic heterocycles. The van der Waals surface area contributed by atoms with E-state index in [1.165, 1.54) is 16.9 Å². The van der Waals surface area contributed by atoms with Crippen molar-refractivity contribution >= 4 is 33.3 Å². The first kappa shape index (κ1) is 13.9. The number of hydrogen-bond donors (Lipinski definition) is 1. The summed E-state index contributed by atoms with van der Waals surface area (Å²) in [7, 11) is 0. The second-order valence-electron chi connectivity index (χ2n) is 6.42. The van der Waals surface area contributed by atoms with Crippen LogP contribution in [-0.2, 0) is 17.6 Å². The summed E-state index contributed by atoms with van der Waals surface area (Å²) in [6.07, 6.45) is 6.55. The van der Waals surface area contributed by atoms with Gasteiger partial charge in [0.05, 0.1) is 5.39 Å². The van der Waals surface area contributed by atoms with Gasteiger partial charge in [-0.1, -0.05) is 6.92 Å². The second-order valence-corrected chi connectivity index (χ2v) is 7.50. The summed E-state index contributed by atoms with van der Waals surface area (Å²) in [6.45, 7) is 3.06. The summed E-state index contributed by atoms with van der Waals surface area (Å²) in [4.78, 5) is 24.8. The maximum absolute atomic E-state index is 11.5. The van der Waals surface area contributed by atoms with E-state index in [0.717, 1.165) is 47.8 Å². The first-order valence-corrected chi connectivity index (χ1v) is 8.71. The van der Waals surface area contributed by atoms with Crippen molar-refractivity contribution < 1.29 is 9.90 Å². The topological polar surface area (TPSA) is 66.3 Å². The molecule has 0 aromatic carbocycles. The molecule has 4 rings (SSSR count). The number of carboxylic acid groups (broad SMARTS) is 1. The van der Waals surface area contributed by atoms with Gasteiger partial charge in [0.1, 0.15) is 23.0 Å². The van der Waals surface area contributed by atoms with E-state index in [1.54, 1.807) is 17.7 Å². The highest BCUT2D eigenvalue weighted by Crippen LogP contribution is 2.41. The van der Waals surface area contributed by atoms with Gasteiger partial charge in [0.25, 0.3) is 0 Å². The Kier molecular flexibility index (Phi) is 3.29. The van der Waals surface area contributed by atoms with Crippen LogP contribution in [0, 0.1) is 5.92 Å². The minimum atomic E-state index is -0.748. The number of hydrogen-bond acceptors (Lipinski definition) is 5. The molecule has 2 aliphatic rings. The van der Waals surface area contributed by atoms with Crippen LogP contribution in [0.2, 0.25) is 0 Å². The van der Waals surface area contributed by atoms with Crippen molar-refractivity contribution in [3.8, 4) is 0 Å². The normalized spacial score (nSPS) is 24.7. The molecule has 1 fully saturated rings. The molecule has 0 bridgehead atoms. The number of aryl methyl sites for hydroxylation is 1. The highest BCUT2D eigenvalue weighted by molar-refractivity contribution is 7.19. The molecular formula is C16H19N3O2S. The number of thiophene rings is 1. The number of aromatic nitrogens is 2. The van der Waals surface area contributed by atoms with E-state index in [1.807, 2.05) is 4.90 Å². The van der Waals surface area contributed by atoms with Gasteiger partial charge in [-0.2, -0.15) is 0 Å². The van der Waals surface area contributed by atoms with E-state index < -0.39 is 12.0 Å². The van der Waals surface area contributed by atoms with Crippen molar-refractivity contribution in [3.05, 3.63) is 16.8 Å². The third kappa shape index (κ3) is 2.08. The largest absolute Gasteiger partial charge is 0.480 e. The molecule has 2 unspecified atom stereocenters. The molecule has 6 heteroatoms. The molecule has 3 heterocycles. The monoisotopic (exact) mass is 317 g/mol. The second kappa shape index (κ2) is 5.19. The average molecular weight is 317 g/mol. The minimum Gasteiger partial charge on any atom is -0.480 e. The predicted molar refractivity (Wildman–Crippen MR) is 86.6 cm³/mol. The zero-order valence-corrected chi connectivity index (χ0v) is 13.4. The Balaban J connectivity index is 1.86. The molecule has 0 spiro atoms. The molecule has 22 heavy (non-hydrogen) atoms. The van der Waals surface area contributed by atoms with E-state index in [9.17, 15) is 9.90 Å². The fourth-order valence-corrected chi connectivity index (χ4v) is 5.10. The SMILES string of the molecule is CC1CCc2c(sc3ncnc(N4CCCC4C(=O)O)c23)C1. The number of nitrogens with zero attached hydrogens (tertiary/aromatic N) is 3. The van der Waals surface area contributed by atoms with E-state index >= 15 is 0 Å². The van der Waals surface area contributed by atoms with Crippen LogP contribution in [-0.4, -0.2) is 33.6 Å². The lowest BCUT2D eigenvalue weighted by Gasteiger charge is -2.24. The molecule has 5 nitrogen and oxygen atoms in total. The maximum Gasteiger partial charge on any atom is 0.326 e. The first-order chi connectivity index (χ1) is 10.6. The molecule has 116 valence electrons. The van der Waals surface area contributed by atoms with Crippen molar-refractivity contribution in [1.29, 1.82) is 0 Å². The lowest BCUT2D eigenvalue weighted by molar-refractivity contribution is -0.138. The number of fused-ring (bicyclic) bond motifs is 3. The molecular weight excluding hydrogens is 298 g/mol. The quantitative estimate of drug-likeness (QED) is 0.922. The Morgan fingerprint density at radius 1 is 1.41 bits per heavy atom. The Hall–Kier alpha value is -1.69.